The van der Waals surface area contributed by atoms with Crippen molar-refractivity contribution in [3.63, 3.8) is 0 Å². The largest absolute Gasteiger partial charge is 0.298 e. The minimum Gasteiger partial charge on any atom is -0.298 e. The van der Waals surface area contributed by atoms with Gasteiger partial charge in [0.2, 0.25) is 0 Å². The summed E-state index contributed by atoms with van der Waals surface area (Å²) >= 11 is 1.57. The van der Waals surface area contributed by atoms with Crippen molar-refractivity contribution in [1.82, 2.24) is 4.98 Å². The van der Waals surface area contributed by atoms with E-state index < -0.39 is 0 Å². The number of aryl methyl sites for hydroxylation is 2. The summed E-state index contributed by atoms with van der Waals surface area (Å²) in [6, 6.07) is 8.62. The molecule has 2 aromatic rings. The van der Waals surface area contributed by atoms with Crippen LogP contribution < -0.4 is 5.32 Å². The Hall–Kier alpha value is -2.19. The topological polar surface area (TPSA) is 65.8 Å². The zero-order chi connectivity index (χ0) is 13.9. The molecule has 1 aromatic carbocycles. The molecule has 0 bridgehead atoms. The number of carbonyl (C=O) groups excluding carboxylic acids is 1. The standard InChI is InChI=1S/C15H13N3OS/c16-9-10-5-7-11(8-6-10)14(19)18-15-17-12-3-1-2-4-13(12)20-15/h5-8H,1-4H2,(H,17,18,19). The first-order chi connectivity index (χ1) is 9.76. The van der Waals surface area contributed by atoms with Crippen LogP contribution in [-0.4, -0.2) is 10.9 Å². The Balaban J connectivity index is 1.75. The summed E-state index contributed by atoms with van der Waals surface area (Å²) < 4.78 is 0. The number of nitrogens with one attached hydrogen (secondary N) is 1. The number of rotatable bonds is 2. The van der Waals surface area contributed by atoms with Crippen LogP contribution in [0.4, 0.5) is 5.13 Å². The minimum absolute atomic E-state index is 0.180. The van der Waals surface area contributed by atoms with Gasteiger partial charge in [0.05, 0.1) is 17.3 Å². The summed E-state index contributed by atoms with van der Waals surface area (Å²) in [7, 11) is 0. The zero-order valence-corrected chi connectivity index (χ0v) is 11.7. The Morgan fingerprint density at radius 3 is 2.70 bits per heavy atom. The number of carbonyl (C=O) groups is 1. The number of hydrogen-bond donors (Lipinski definition) is 1. The first-order valence-corrected chi connectivity index (χ1v) is 7.38. The second-order valence-corrected chi connectivity index (χ2v) is 5.82. The quantitative estimate of drug-likeness (QED) is 0.920. The second-order valence-electron chi connectivity index (χ2n) is 4.74. The number of amides is 1. The molecule has 1 N–H and O–H groups in total. The van der Waals surface area contributed by atoms with Crippen molar-refractivity contribution in [2.45, 2.75) is 25.7 Å². The van der Waals surface area contributed by atoms with E-state index in [1.807, 2.05) is 6.07 Å². The van der Waals surface area contributed by atoms with Gasteiger partial charge in [-0.25, -0.2) is 4.98 Å². The van der Waals surface area contributed by atoms with E-state index >= 15 is 0 Å². The number of nitrogens with zero attached hydrogens (tertiary/aromatic N) is 2. The van der Waals surface area contributed by atoms with Crippen LogP contribution in [0.15, 0.2) is 24.3 Å². The number of anilines is 1. The maximum Gasteiger partial charge on any atom is 0.257 e. The molecule has 4 nitrogen and oxygen atoms in total. The predicted octanol–water partition coefficient (Wildman–Crippen LogP) is 3.15. The average Bonchev–Trinajstić information content (AvgIpc) is 2.89. The number of aromatic nitrogens is 1. The van der Waals surface area contributed by atoms with Crippen LogP contribution in [0.1, 0.15) is 39.3 Å². The number of benzene rings is 1. The molecule has 100 valence electrons. The Bertz CT molecular complexity index is 659. The lowest BCUT2D eigenvalue weighted by molar-refractivity contribution is 0.102. The third kappa shape index (κ3) is 2.56. The van der Waals surface area contributed by atoms with Gasteiger partial charge >= 0.3 is 0 Å². The lowest BCUT2D eigenvalue weighted by Crippen LogP contribution is -2.11. The number of fused-ring (bicyclic) bond motifs is 1. The molecule has 0 saturated heterocycles. The maximum absolute atomic E-state index is 12.1. The van der Waals surface area contributed by atoms with Gasteiger partial charge in [-0.1, -0.05) is 0 Å². The fourth-order valence-electron chi connectivity index (χ4n) is 2.27. The maximum atomic E-state index is 12.1. The molecule has 1 heterocycles. The van der Waals surface area contributed by atoms with E-state index in [1.54, 1.807) is 35.6 Å². The van der Waals surface area contributed by atoms with Crippen molar-refractivity contribution >= 4 is 22.4 Å². The molecule has 0 saturated carbocycles. The van der Waals surface area contributed by atoms with Crippen LogP contribution in [0.5, 0.6) is 0 Å². The number of hydrogen-bond acceptors (Lipinski definition) is 4. The zero-order valence-electron chi connectivity index (χ0n) is 10.8. The van der Waals surface area contributed by atoms with E-state index in [-0.39, 0.29) is 5.91 Å². The summed E-state index contributed by atoms with van der Waals surface area (Å²) in [5.41, 5.74) is 2.22. The fraction of sp³-hybridized carbons (Fsp3) is 0.267. The highest BCUT2D eigenvalue weighted by atomic mass is 32.1. The van der Waals surface area contributed by atoms with Crippen molar-refractivity contribution in [2.24, 2.45) is 0 Å². The minimum atomic E-state index is -0.180. The van der Waals surface area contributed by atoms with E-state index in [4.69, 9.17) is 5.26 Å². The predicted molar refractivity (Wildman–Crippen MR) is 77.9 cm³/mol. The Morgan fingerprint density at radius 1 is 1.25 bits per heavy atom. The van der Waals surface area contributed by atoms with Gasteiger partial charge in [-0.15, -0.1) is 11.3 Å². The molecule has 5 heteroatoms. The molecular weight excluding hydrogens is 270 g/mol. The van der Waals surface area contributed by atoms with Crippen molar-refractivity contribution in [3.05, 3.63) is 46.0 Å². The van der Waals surface area contributed by atoms with Crippen LogP contribution in [-0.2, 0) is 12.8 Å². The highest BCUT2D eigenvalue weighted by Crippen LogP contribution is 2.29. The van der Waals surface area contributed by atoms with Crippen molar-refractivity contribution in [2.75, 3.05) is 5.32 Å². The summed E-state index contributed by atoms with van der Waals surface area (Å²) in [6.45, 7) is 0. The van der Waals surface area contributed by atoms with E-state index in [2.05, 4.69) is 10.3 Å². The Labute approximate surface area is 121 Å². The molecule has 0 atom stereocenters. The molecule has 3 rings (SSSR count). The van der Waals surface area contributed by atoms with Crippen LogP contribution >= 0.6 is 11.3 Å². The lowest BCUT2D eigenvalue weighted by atomic mass is 10.0. The van der Waals surface area contributed by atoms with Gasteiger partial charge in [0, 0.05) is 10.4 Å². The molecule has 1 amide bonds. The first-order valence-electron chi connectivity index (χ1n) is 6.56. The normalized spacial score (nSPS) is 13.3. The number of nitriles is 1. The SMILES string of the molecule is N#Cc1ccc(C(=O)Nc2nc3c(s2)CCCC3)cc1. The molecule has 1 aliphatic rings. The molecule has 0 aliphatic heterocycles. The molecule has 1 aliphatic carbocycles. The van der Waals surface area contributed by atoms with E-state index in [0.717, 1.165) is 18.5 Å². The van der Waals surface area contributed by atoms with E-state index in [0.29, 0.717) is 16.3 Å². The summed E-state index contributed by atoms with van der Waals surface area (Å²) in [4.78, 5) is 17.9. The summed E-state index contributed by atoms with van der Waals surface area (Å²) in [6.07, 6.45) is 4.47. The fourth-order valence-corrected chi connectivity index (χ4v) is 3.32. The summed E-state index contributed by atoms with van der Waals surface area (Å²) in [5.74, 6) is -0.180. The molecule has 0 fully saturated rings. The van der Waals surface area contributed by atoms with E-state index in [1.165, 1.54) is 17.7 Å². The Kier molecular flexibility index (Phi) is 3.48. The molecular formula is C15H13N3OS. The van der Waals surface area contributed by atoms with Crippen LogP contribution in [0, 0.1) is 11.3 Å². The number of thiazole rings is 1. The Morgan fingerprint density at radius 2 is 2.00 bits per heavy atom. The third-order valence-corrected chi connectivity index (χ3v) is 4.42. The van der Waals surface area contributed by atoms with Gasteiger partial charge in [-0.05, 0) is 49.9 Å². The second kappa shape index (κ2) is 5.43. The average molecular weight is 283 g/mol. The third-order valence-electron chi connectivity index (χ3n) is 3.34. The van der Waals surface area contributed by atoms with Gasteiger partial charge in [0.25, 0.3) is 5.91 Å². The van der Waals surface area contributed by atoms with Crippen LogP contribution in [0.3, 0.4) is 0 Å². The highest BCUT2D eigenvalue weighted by Gasteiger charge is 2.16. The monoisotopic (exact) mass is 283 g/mol. The van der Waals surface area contributed by atoms with E-state index in [9.17, 15) is 4.79 Å². The lowest BCUT2D eigenvalue weighted by Gasteiger charge is -2.06. The van der Waals surface area contributed by atoms with Crippen molar-refractivity contribution < 1.29 is 4.79 Å². The summed E-state index contributed by atoms with van der Waals surface area (Å²) in [5, 5.41) is 12.2. The smallest absolute Gasteiger partial charge is 0.257 e. The molecule has 20 heavy (non-hydrogen) atoms. The first kappa shape index (κ1) is 12.8. The molecule has 0 radical (unpaired) electrons. The van der Waals surface area contributed by atoms with Gasteiger partial charge in [0.1, 0.15) is 0 Å². The van der Waals surface area contributed by atoms with Crippen molar-refractivity contribution in [1.29, 1.82) is 5.26 Å². The van der Waals surface area contributed by atoms with Crippen LogP contribution in [0.25, 0.3) is 0 Å². The molecule has 1 aromatic heterocycles. The molecule has 0 unspecified atom stereocenters. The van der Waals surface area contributed by atoms with Crippen molar-refractivity contribution in [3.8, 4) is 6.07 Å². The van der Waals surface area contributed by atoms with Crippen LogP contribution in [0.2, 0.25) is 0 Å². The van der Waals surface area contributed by atoms with Gasteiger partial charge < -0.3 is 0 Å². The van der Waals surface area contributed by atoms with Gasteiger partial charge in [0.15, 0.2) is 5.13 Å². The van der Waals surface area contributed by atoms with Gasteiger partial charge in [-0.2, -0.15) is 5.26 Å². The highest BCUT2D eigenvalue weighted by molar-refractivity contribution is 7.15. The van der Waals surface area contributed by atoms with Gasteiger partial charge in [-0.3, -0.25) is 10.1 Å². The molecule has 0 spiro atoms.